The number of nitrogens with zero attached hydrogens (tertiary/aromatic N) is 2. The van der Waals surface area contributed by atoms with E-state index in [4.69, 9.17) is 5.73 Å². The van der Waals surface area contributed by atoms with Crippen molar-refractivity contribution in [3.8, 4) is 0 Å². The maximum absolute atomic E-state index is 11.4. The number of imidazole rings is 1. The molecule has 0 aromatic carbocycles. The largest absolute Gasteiger partial charge is 0.329 e. The van der Waals surface area contributed by atoms with Crippen molar-refractivity contribution >= 4 is 9.84 Å². The minimum atomic E-state index is -2.85. The fraction of sp³-hybridized carbons (Fsp3) is 0.667. The molecule has 5 nitrogen and oxygen atoms in total. The summed E-state index contributed by atoms with van der Waals surface area (Å²) in [7, 11) is -2.85. The molecule has 1 saturated heterocycles. The number of aromatic nitrogens is 2. The summed E-state index contributed by atoms with van der Waals surface area (Å²) in [5.41, 5.74) is 6.68. The molecule has 6 heteroatoms. The highest BCUT2D eigenvalue weighted by atomic mass is 32.2. The molecule has 1 aromatic rings. The number of hydrogen-bond acceptors (Lipinski definition) is 4. The molecule has 0 radical (unpaired) electrons. The molecule has 0 aliphatic carbocycles. The van der Waals surface area contributed by atoms with Crippen LogP contribution in [0, 0.1) is 0 Å². The summed E-state index contributed by atoms with van der Waals surface area (Å²) in [5, 5.41) is 0. The van der Waals surface area contributed by atoms with E-state index in [9.17, 15) is 8.42 Å². The van der Waals surface area contributed by atoms with Gasteiger partial charge in [0, 0.05) is 18.3 Å². The summed E-state index contributed by atoms with van der Waals surface area (Å²) in [6, 6.07) is -0.102. The number of hydrogen-bond donors (Lipinski definition) is 1. The Kier molecular flexibility index (Phi) is 2.56. The van der Waals surface area contributed by atoms with E-state index in [1.54, 1.807) is 12.5 Å². The van der Waals surface area contributed by atoms with Gasteiger partial charge >= 0.3 is 0 Å². The van der Waals surface area contributed by atoms with Crippen LogP contribution in [0.25, 0.3) is 0 Å². The molecular formula is C9H15N3O2S. The average Bonchev–Trinajstić information content (AvgIpc) is 2.69. The molecule has 1 aromatic heterocycles. The van der Waals surface area contributed by atoms with Crippen molar-refractivity contribution in [2.75, 3.05) is 11.5 Å². The van der Waals surface area contributed by atoms with Gasteiger partial charge in [-0.25, -0.2) is 13.4 Å². The molecular weight excluding hydrogens is 214 g/mol. The molecule has 15 heavy (non-hydrogen) atoms. The predicted octanol–water partition coefficient (Wildman–Crippen LogP) is 0.262. The summed E-state index contributed by atoms with van der Waals surface area (Å²) in [6.45, 7) is 1.87. The number of nitrogens with two attached hydrogens (primary N) is 1. The van der Waals surface area contributed by atoms with Gasteiger partial charge in [0.2, 0.25) is 0 Å². The van der Waals surface area contributed by atoms with E-state index in [1.807, 2.05) is 11.5 Å². The van der Waals surface area contributed by atoms with E-state index < -0.39 is 9.84 Å². The third-order valence-electron chi connectivity index (χ3n) is 2.76. The van der Waals surface area contributed by atoms with Crippen LogP contribution in [0.2, 0.25) is 0 Å². The first-order valence-electron chi connectivity index (χ1n) is 4.97. The number of sulfone groups is 1. The third-order valence-corrected chi connectivity index (χ3v) is 4.51. The van der Waals surface area contributed by atoms with E-state index in [0.29, 0.717) is 6.42 Å². The van der Waals surface area contributed by atoms with Crippen molar-refractivity contribution in [2.24, 2.45) is 5.73 Å². The SMILES string of the molecule is C[C@H](N)c1cncn1C1CCS(=O)(=O)C1. The Morgan fingerprint density at radius 2 is 2.40 bits per heavy atom. The second kappa shape index (κ2) is 3.61. The van der Waals surface area contributed by atoms with Crippen molar-refractivity contribution in [2.45, 2.75) is 25.4 Å². The van der Waals surface area contributed by atoms with Gasteiger partial charge in [-0.1, -0.05) is 0 Å². The van der Waals surface area contributed by atoms with Gasteiger partial charge in [-0.2, -0.15) is 0 Å². The zero-order valence-corrected chi connectivity index (χ0v) is 9.44. The van der Waals surface area contributed by atoms with E-state index in [1.165, 1.54) is 0 Å². The minimum Gasteiger partial charge on any atom is -0.329 e. The topological polar surface area (TPSA) is 78.0 Å². The lowest BCUT2D eigenvalue weighted by molar-refractivity contribution is 0.520. The molecule has 1 unspecified atom stereocenters. The van der Waals surface area contributed by atoms with Crippen molar-refractivity contribution < 1.29 is 8.42 Å². The lowest BCUT2D eigenvalue weighted by atomic mass is 10.2. The lowest BCUT2D eigenvalue weighted by Crippen LogP contribution is -2.17. The third kappa shape index (κ3) is 2.05. The molecule has 0 spiro atoms. The van der Waals surface area contributed by atoms with Crippen LogP contribution in [0.3, 0.4) is 0 Å². The van der Waals surface area contributed by atoms with Crippen molar-refractivity contribution in [1.29, 1.82) is 0 Å². The first-order chi connectivity index (χ1) is 6.99. The highest BCUT2D eigenvalue weighted by Gasteiger charge is 2.30. The molecule has 0 amide bonds. The quantitative estimate of drug-likeness (QED) is 0.789. The fourth-order valence-electron chi connectivity index (χ4n) is 1.97. The Bertz CT molecular complexity index is 450. The Labute approximate surface area is 89.2 Å². The van der Waals surface area contributed by atoms with Gasteiger partial charge < -0.3 is 10.3 Å². The summed E-state index contributed by atoms with van der Waals surface area (Å²) in [5.74, 6) is 0.483. The maximum atomic E-state index is 11.4. The molecule has 0 saturated carbocycles. The fourth-order valence-corrected chi connectivity index (χ4v) is 3.68. The van der Waals surface area contributed by atoms with Gasteiger partial charge in [0.15, 0.2) is 9.84 Å². The van der Waals surface area contributed by atoms with Crippen molar-refractivity contribution in [3.63, 3.8) is 0 Å². The van der Waals surface area contributed by atoms with E-state index in [0.717, 1.165) is 5.69 Å². The Morgan fingerprint density at radius 3 is 2.93 bits per heavy atom. The van der Waals surface area contributed by atoms with E-state index >= 15 is 0 Å². The first kappa shape index (κ1) is 10.6. The Hall–Kier alpha value is -0.880. The molecule has 1 aliphatic heterocycles. The average molecular weight is 229 g/mol. The van der Waals surface area contributed by atoms with Crippen molar-refractivity contribution in [1.82, 2.24) is 9.55 Å². The smallest absolute Gasteiger partial charge is 0.152 e. The Balaban J connectivity index is 2.28. The number of rotatable bonds is 2. The van der Waals surface area contributed by atoms with Gasteiger partial charge in [-0.05, 0) is 13.3 Å². The van der Waals surface area contributed by atoms with Gasteiger partial charge in [0.05, 0.1) is 23.5 Å². The van der Waals surface area contributed by atoms with Crippen LogP contribution in [-0.2, 0) is 9.84 Å². The van der Waals surface area contributed by atoms with Crippen LogP contribution in [-0.4, -0.2) is 29.5 Å². The summed E-state index contributed by atoms with van der Waals surface area (Å²) >= 11 is 0. The summed E-state index contributed by atoms with van der Waals surface area (Å²) in [4.78, 5) is 4.02. The minimum absolute atomic E-state index is 0.0125. The second-order valence-corrected chi connectivity index (χ2v) is 6.30. The highest BCUT2D eigenvalue weighted by molar-refractivity contribution is 7.91. The molecule has 2 atom stereocenters. The molecule has 2 heterocycles. The molecule has 2 N–H and O–H groups in total. The molecule has 2 rings (SSSR count). The van der Waals surface area contributed by atoms with E-state index in [2.05, 4.69) is 4.98 Å². The van der Waals surface area contributed by atoms with E-state index in [-0.39, 0.29) is 23.6 Å². The molecule has 1 aliphatic rings. The van der Waals surface area contributed by atoms with Crippen LogP contribution in [0.1, 0.15) is 31.1 Å². The standard InChI is InChI=1S/C9H15N3O2S/c1-7(10)9-4-11-6-12(9)8-2-3-15(13,14)5-8/h4,6-8H,2-3,5,10H2,1H3/t7-,8?/m0/s1. The first-order valence-corrected chi connectivity index (χ1v) is 6.79. The van der Waals surface area contributed by atoms with Crippen LogP contribution in [0.15, 0.2) is 12.5 Å². The molecule has 84 valence electrons. The van der Waals surface area contributed by atoms with Crippen LogP contribution in [0.5, 0.6) is 0 Å². The monoisotopic (exact) mass is 229 g/mol. The van der Waals surface area contributed by atoms with Gasteiger partial charge in [-0.15, -0.1) is 0 Å². The predicted molar refractivity (Wildman–Crippen MR) is 57.1 cm³/mol. The van der Waals surface area contributed by atoms with Gasteiger partial charge in [0.1, 0.15) is 0 Å². The summed E-state index contributed by atoms with van der Waals surface area (Å²) in [6.07, 6.45) is 4.04. The highest BCUT2D eigenvalue weighted by Crippen LogP contribution is 2.26. The van der Waals surface area contributed by atoms with Gasteiger partial charge in [0.25, 0.3) is 0 Å². The Morgan fingerprint density at radius 1 is 1.67 bits per heavy atom. The summed E-state index contributed by atoms with van der Waals surface area (Å²) < 4.78 is 24.6. The van der Waals surface area contributed by atoms with Gasteiger partial charge in [-0.3, -0.25) is 0 Å². The lowest BCUT2D eigenvalue weighted by Gasteiger charge is -2.15. The molecule has 1 fully saturated rings. The van der Waals surface area contributed by atoms with Crippen LogP contribution < -0.4 is 5.73 Å². The zero-order valence-electron chi connectivity index (χ0n) is 8.63. The molecule has 0 bridgehead atoms. The van der Waals surface area contributed by atoms with Crippen molar-refractivity contribution in [3.05, 3.63) is 18.2 Å². The normalized spacial score (nSPS) is 26.7. The van der Waals surface area contributed by atoms with Crippen LogP contribution in [0.4, 0.5) is 0 Å². The zero-order chi connectivity index (χ0) is 11.1. The second-order valence-electron chi connectivity index (χ2n) is 4.07. The van der Waals surface area contributed by atoms with Crippen LogP contribution >= 0.6 is 0 Å². The maximum Gasteiger partial charge on any atom is 0.152 e.